The lowest BCUT2D eigenvalue weighted by Gasteiger charge is -2.02. The molecule has 0 bridgehead atoms. The van der Waals surface area contributed by atoms with Gasteiger partial charge in [-0.05, 0) is 26.0 Å². The van der Waals surface area contributed by atoms with E-state index in [9.17, 15) is 14.9 Å². The van der Waals surface area contributed by atoms with Crippen molar-refractivity contribution in [2.24, 2.45) is 0 Å². The van der Waals surface area contributed by atoms with Gasteiger partial charge >= 0.3 is 5.97 Å². The number of carbonyl (C=O) groups excluding carboxylic acids is 1. The molecule has 0 aliphatic carbocycles. The lowest BCUT2D eigenvalue weighted by molar-refractivity contribution is -0.385. The minimum Gasteiger partial charge on any atom is -0.423 e. The highest BCUT2D eigenvalue weighted by Gasteiger charge is 2.11. The average Bonchev–Trinajstić information content (AvgIpc) is 2.28. The monoisotopic (exact) mass is 247 g/mol. The average molecular weight is 247 g/mol. The number of rotatable bonds is 4. The van der Waals surface area contributed by atoms with Crippen LogP contribution in [-0.2, 0) is 4.79 Å². The molecule has 5 heteroatoms. The Labute approximate surface area is 105 Å². The maximum absolute atomic E-state index is 11.3. The second kappa shape index (κ2) is 6.34. The molecule has 1 aromatic carbocycles. The third kappa shape index (κ3) is 3.86. The van der Waals surface area contributed by atoms with E-state index in [-0.39, 0.29) is 11.4 Å². The summed E-state index contributed by atoms with van der Waals surface area (Å²) in [6.45, 7) is 3.42. The molecule has 0 amide bonds. The molecule has 0 unspecified atom stereocenters. The van der Waals surface area contributed by atoms with E-state index in [4.69, 9.17) is 4.74 Å². The number of nitro groups is 1. The fraction of sp³-hybridized carbons (Fsp3) is 0.154. The van der Waals surface area contributed by atoms with Crippen LogP contribution in [0.5, 0.6) is 5.75 Å². The van der Waals surface area contributed by atoms with Crippen molar-refractivity contribution in [1.29, 1.82) is 0 Å². The van der Waals surface area contributed by atoms with Crippen LogP contribution in [0.2, 0.25) is 0 Å². The van der Waals surface area contributed by atoms with Crippen LogP contribution in [0.25, 0.3) is 0 Å². The molecule has 0 N–H and O–H groups in total. The summed E-state index contributed by atoms with van der Waals surface area (Å²) < 4.78 is 4.99. The molecular formula is C13H13NO4. The predicted octanol–water partition coefficient (Wildman–Crippen LogP) is 2.94. The molecular weight excluding hydrogens is 234 g/mol. The van der Waals surface area contributed by atoms with Crippen LogP contribution in [-0.4, -0.2) is 10.9 Å². The summed E-state index contributed by atoms with van der Waals surface area (Å²) >= 11 is 0. The highest BCUT2D eigenvalue weighted by atomic mass is 16.6. The third-order valence-corrected chi connectivity index (χ3v) is 2.12. The summed E-state index contributed by atoms with van der Waals surface area (Å²) in [5, 5.41) is 10.6. The van der Waals surface area contributed by atoms with Gasteiger partial charge < -0.3 is 4.74 Å². The lowest BCUT2D eigenvalue weighted by atomic mass is 10.2. The van der Waals surface area contributed by atoms with Gasteiger partial charge in [0.1, 0.15) is 5.75 Å². The summed E-state index contributed by atoms with van der Waals surface area (Å²) in [7, 11) is 0. The molecule has 1 rings (SSSR count). The zero-order valence-corrected chi connectivity index (χ0v) is 10.1. The van der Waals surface area contributed by atoms with E-state index in [1.807, 2.05) is 6.92 Å². The van der Waals surface area contributed by atoms with E-state index in [1.54, 1.807) is 25.2 Å². The first-order valence-electron chi connectivity index (χ1n) is 5.31. The Morgan fingerprint density at radius 1 is 1.39 bits per heavy atom. The Hall–Kier alpha value is -2.43. The van der Waals surface area contributed by atoms with Crippen LogP contribution in [0, 0.1) is 17.0 Å². The molecule has 18 heavy (non-hydrogen) atoms. The Morgan fingerprint density at radius 3 is 2.67 bits per heavy atom. The van der Waals surface area contributed by atoms with E-state index >= 15 is 0 Å². The maximum atomic E-state index is 11.3. The van der Waals surface area contributed by atoms with Crippen LogP contribution < -0.4 is 4.74 Å². The molecule has 5 nitrogen and oxygen atoms in total. The number of carbonyl (C=O) groups is 1. The van der Waals surface area contributed by atoms with Crippen molar-refractivity contribution in [3.63, 3.8) is 0 Å². The Kier molecular flexibility index (Phi) is 4.80. The van der Waals surface area contributed by atoms with Gasteiger partial charge in [0.25, 0.3) is 5.69 Å². The molecule has 0 aliphatic rings. The normalized spacial score (nSPS) is 11.0. The summed E-state index contributed by atoms with van der Waals surface area (Å²) in [6.07, 6.45) is 6.31. The van der Waals surface area contributed by atoms with Crippen LogP contribution in [0.3, 0.4) is 0 Å². The van der Waals surface area contributed by atoms with E-state index < -0.39 is 10.9 Å². The number of benzene rings is 1. The summed E-state index contributed by atoms with van der Waals surface area (Å²) in [5.41, 5.74) is 0.446. The molecule has 1 aromatic rings. The molecule has 0 aromatic heterocycles. The van der Waals surface area contributed by atoms with Gasteiger partial charge in [0, 0.05) is 17.7 Å². The van der Waals surface area contributed by atoms with E-state index in [2.05, 4.69) is 0 Å². The van der Waals surface area contributed by atoms with Gasteiger partial charge in [-0.2, -0.15) is 0 Å². The van der Waals surface area contributed by atoms with Crippen molar-refractivity contribution in [2.45, 2.75) is 13.8 Å². The van der Waals surface area contributed by atoms with E-state index in [1.165, 1.54) is 24.3 Å². The summed E-state index contributed by atoms with van der Waals surface area (Å²) in [4.78, 5) is 21.5. The Bertz CT molecular complexity index is 518. The highest BCUT2D eigenvalue weighted by molar-refractivity contribution is 5.84. The van der Waals surface area contributed by atoms with E-state index in [0.717, 1.165) is 0 Å². The Morgan fingerprint density at radius 2 is 2.11 bits per heavy atom. The first kappa shape index (κ1) is 13.6. The van der Waals surface area contributed by atoms with Gasteiger partial charge in [0.05, 0.1) is 4.92 Å². The Balaban J connectivity index is 2.77. The lowest BCUT2D eigenvalue weighted by Crippen LogP contribution is -2.04. The van der Waals surface area contributed by atoms with Gasteiger partial charge in [-0.3, -0.25) is 10.1 Å². The zero-order chi connectivity index (χ0) is 13.5. The second-order valence-electron chi connectivity index (χ2n) is 3.51. The largest absolute Gasteiger partial charge is 0.423 e. The van der Waals surface area contributed by atoms with Gasteiger partial charge in [-0.15, -0.1) is 0 Å². The fourth-order valence-corrected chi connectivity index (χ4v) is 1.29. The number of esters is 1. The van der Waals surface area contributed by atoms with Crippen molar-refractivity contribution in [1.82, 2.24) is 0 Å². The molecule has 0 radical (unpaired) electrons. The zero-order valence-electron chi connectivity index (χ0n) is 10.1. The highest BCUT2D eigenvalue weighted by Crippen LogP contribution is 2.23. The number of nitro benzene ring substituents is 1. The van der Waals surface area contributed by atoms with Crippen molar-refractivity contribution < 1.29 is 14.5 Å². The SMILES string of the molecule is C/C=C/C=C/C(=O)Oc1ccc([N+](=O)[O-])c(C)c1. The van der Waals surface area contributed by atoms with Gasteiger partial charge in [0.2, 0.25) is 0 Å². The number of hydrogen-bond acceptors (Lipinski definition) is 4. The smallest absolute Gasteiger partial charge is 0.336 e. The molecule has 0 heterocycles. The number of ether oxygens (including phenoxy) is 1. The standard InChI is InChI=1S/C13H13NO4/c1-3-4-5-6-13(15)18-11-7-8-12(14(16)17)10(2)9-11/h3-9H,1-2H3/b4-3+,6-5+. The quantitative estimate of drug-likeness (QED) is 0.205. The first-order valence-corrected chi connectivity index (χ1v) is 5.31. The topological polar surface area (TPSA) is 69.4 Å². The molecule has 0 atom stereocenters. The molecule has 0 saturated carbocycles. The summed E-state index contributed by atoms with van der Waals surface area (Å²) in [5.74, 6) is -0.241. The number of nitrogens with zero attached hydrogens (tertiary/aromatic N) is 1. The van der Waals surface area contributed by atoms with Crippen LogP contribution in [0.15, 0.2) is 42.5 Å². The van der Waals surface area contributed by atoms with Crippen LogP contribution >= 0.6 is 0 Å². The second-order valence-corrected chi connectivity index (χ2v) is 3.51. The molecule has 0 saturated heterocycles. The van der Waals surface area contributed by atoms with Crippen LogP contribution in [0.1, 0.15) is 12.5 Å². The predicted molar refractivity (Wildman–Crippen MR) is 67.4 cm³/mol. The number of allylic oxidation sites excluding steroid dienone is 3. The minimum absolute atomic E-state index is 0.000688. The molecule has 94 valence electrons. The molecule has 0 aliphatic heterocycles. The number of aryl methyl sites for hydroxylation is 1. The van der Waals surface area contributed by atoms with Crippen molar-refractivity contribution in [3.8, 4) is 5.75 Å². The van der Waals surface area contributed by atoms with Crippen molar-refractivity contribution >= 4 is 11.7 Å². The summed E-state index contributed by atoms with van der Waals surface area (Å²) in [6, 6.07) is 4.17. The maximum Gasteiger partial charge on any atom is 0.336 e. The van der Waals surface area contributed by atoms with Gasteiger partial charge in [-0.25, -0.2) is 4.79 Å². The third-order valence-electron chi connectivity index (χ3n) is 2.12. The van der Waals surface area contributed by atoms with Gasteiger partial charge in [-0.1, -0.05) is 18.2 Å². The van der Waals surface area contributed by atoms with Crippen molar-refractivity contribution in [3.05, 3.63) is 58.2 Å². The fourth-order valence-electron chi connectivity index (χ4n) is 1.29. The van der Waals surface area contributed by atoms with Crippen LogP contribution in [0.4, 0.5) is 5.69 Å². The minimum atomic E-state index is -0.527. The van der Waals surface area contributed by atoms with Gasteiger partial charge in [0.15, 0.2) is 0 Å². The van der Waals surface area contributed by atoms with E-state index in [0.29, 0.717) is 5.56 Å². The first-order chi connectivity index (χ1) is 8.54. The molecule has 0 spiro atoms. The van der Waals surface area contributed by atoms with Crippen molar-refractivity contribution in [2.75, 3.05) is 0 Å². The number of hydrogen-bond donors (Lipinski definition) is 0. The molecule has 0 fully saturated rings.